The molecule has 27 heavy (non-hydrogen) atoms. The van der Waals surface area contributed by atoms with E-state index in [0.717, 1.165) is 16.1 Å². The lowest BCUT2D eigenvalue weighted by atomic mass is 10.2. The van der Waals surface area contributed by atoms with E-state index in [4.69, 9.17) is 4.52 Å². The number of aromatic nitrogens is 1. The van der Waals surface area contributed by atoms with Crippen molar-refractivity contribution >= 4 is 33.0 Å². The van der Waals surface area contributed by atoms with Gasteiger partial charge < -0.3 is 9.84 Å². The topological polar surface area (TPSA) is 92.5 Å². The van der Waals surface area contributed by atoms with E-state index in [1.54, 1.807) is 12.1 Å². The molecule has 0 saturated carbocycles. The van der Waals surface area contributed by atoms with E-state index in [2.05, 4.69) is 10.5 Å². The van der Waals surface area contributed by atoms with Gasteiger partial charge in [-0.2, -0.15) is 0 Å². The van der Waals surface area contributed by atoms with Crippen LogP contribution < -0.4 is 9.62 Å². The maximum absolute atomic E-state index is 12.6. The Hall–Kier alpha value is -2.65. The number of sulfonamides is 1. The van der Waals surface area contributed by atoms with E-state index >= 15 is 0 Å². The van der Waals surface area contributed by atoms with Gasteiger partial charge in [0.2, 0.25) is 10.0 Å². The molecule has 140 valence electrons. The van der Waals surface area contributed by atoms with Crippen LogP contribution in [0.2, 0.25) is 0 Å². The molecule has 9 heteroatoms. The summed E-state index contributed by atoms with van der Waals surface area (Å²) in [5.41, 5.74) is 1.87. The predicted molar refractivity (Wildman–Crippen MR) is 103 cm³/mol. The molecule has 1 aromatic carbocycles. The summed E-state index contributed by atoms with van der Waals surface area (Å²) in [5.74, 6) is -0.127. The number of benzene rings is 1. The molecule has 1 aliphatic heterocycles. The first-order valence-electron chi connectivity index (χ1n) is 8.42. The number of hydrogen-bond acceptors (Lipinski definition) is 6. The van der Waals surface area contributed by atoms with Crippen LogP contribution in [-0.2, 0) is 16.4 Å². The minimum absolute atomic E-state index is 0.00102. The Labute approximate surface area is 160 Å². The van der Waals surface area contributed by atoms with Gasteiger partial charge in [0.25, 0.3) is 5.91 Å². The molecule has 4 rings (SSSR count). The first-order chi connectivity index (χ1) is 13.0. The molecular weight excluding hydrogens is 386 g/mol. The van der Waals surface area contributed by atoms with Crippen molar-refractivity contribution in [3.8, 4) is 10.6 Å². The van der Waals surface area contributed by atoms with Crippen molar-refractivity contribution in [1.29, 1.82) is 0 Å². The number of para-hydroxylation sites is 1. The number of nitrogens with zero attached hydrogens (tertiary/aromatic N) is 2. The van der Waals surface area contributed by atoms with E-state index in [1.807, 2.05) is 35.7 Å². The maximum atomic E-state index is 12.6. The van der Waals surface area contributed by atoms with Gasteiger partial charge in [0.15, 0.2) is 11.5 Å². The quantitative estimate of drug-likeness (QED) is 0.683. The Morgan fingerprint density at radius 2 is 2.11 bits per heavy atom. The zero-order valence-corrected chi connectivity index (χ0v) is 15.9. The highest BCUT2D eigenvalue weighted by atomic mass is 32.2. The Kier molecular flexibility index (Phi) is 4.71. The summed E-state index contributed by atoms with van der Waals surface area (Å²) in [6.45, 7) is 0.435. The minimum Gasteiger partial charge on any atom is -0.355 e. The smallest absolute Gasteiger partial charge is 0.273 e. The van der Waals surface area contributed by atoms with Crippen LogP contribution in [0.5, 0.6) is 0 Å². The predicted octanol–water partition coefficient (Wildman–Crippen LogP) is 2.53. The van der Waals surface area contributed by atoms with E-state index in [-0.39, 0.29) is 18.0 Å². The highest BCUT2D eigenvalue weighted by molar-refractivity contribution is 7.92. The van der Waals surface area contributed by atoms with E-state index in [9.17, 15) is 13.2 Å². The lowest BCUT2D eigenvalue weighted by Gasteiger charge is -2.19. The fraction of sp³-hybridized carbons (Fsp3) is 0.222. The van der Waals surface area contributed by atoms with Crippen molar-refractivity contribution in [2.24, 2.45) is 0 Å². The largest absolute Gasteiger partial charge is 0.355 e. The third-order valence-corrected chi connectivity index (χ3v) is 6.99. The van der Waals surface area contributed by atoms with E-state index < -0.39 is 15.9 Å². The SMILES string of the molecule is O=C(NCCS(=O)(=O)N1CCc2ccccc21)c1cc(-c2cccs2)on1. The standard InChI is InChI=1S/C18H17N3O4S2/c22-18(14-12-16(25-20-14)17-6-3-10-26-17)19-8-11-27(23,24)21-9-7-13-4-1-2-5-15(13)21/h1-6,10,12H,7-9,11H2,(H,19,22). The number of rotatable bonds is 6. The van der Waals surface area contributed by atoms with Crippen LogP contribution in [0.15, 0.2) is 52.4 Å². The molecular formula is C18H17N3O4S2. The maximum Gasteiger partial charge on any atom is 0.273 e. The van der Waals surface area contributed by atoms with Crippen molar-refractivity contribution in [2.75, 3.05) is 23.1 Å². The van der Waals surface area contributed by atoms with E-state index in [0.29, 0.717) is 18.7 Å². The second kappa shape index (κ2) is 7.16. The normalized spacial score (nSPS) is 13.6. The van der Waals surface area contributed by atoms with Crippen LogP contribution in [-0.4, -0.2) is 38.3 Å². The summed E-state index contributed by atoms with van der Waals surface area (Å²) in [7, 11) is -3.51. The van der Waals surface area contributed by atoms with Gasteiger partial charge in [-0.25, -0.2) is 8.42 Å². The molecule has 3 heterocycles. The van der Waals surface area contributed by atoms with Crippen LogP contribution in [0.3, 0.4) is 0 Å². The molecule has 0 spiro atoms. The monoisotopic (exact) mass is 403 g/mol. The van der Waals surface area contributed by atoms with Gasteiger partial charge >= 0.3 is 0 Å². The number of hydrogen-bond donors (Lipinski definition) is 1. The first-order valence-corrected chi connectivity index (χ1v) is 10.9. The Bertz CT molecular complexity index is 1060. The third-order valence-electron chi connectivity index (χ3n) is 4.33. The molecule has 0 unspecified atom stereocenters. The summed E-state index contributed by atoms with van der Waals surface area (Å²) < 4.78 is 31.8. The summed E-state index contributed by atoms with van der Waals surface area (Å²) in [6.07, 6.45) is 0.701. The second-order valence-corrected chi connectivity index (χ2v) is 9.04. The molecule has 2 aromatic heterocycles. The van der Waals surface area contributed by atoms with Gasteiger partial charge in [-0.3, -0.25) is 9.10 Å². The average molecular weight is 403 g/mol. The zero-order chi connectivity index (χ0) is 18.9. The fourth-order valence-electron chi connectivity index (χ4n) is 3.01. The zero-order valence-electron chi connectivity index (χ0n) is 14.3. The number of anilines is 1. The molecule has 1 amide bonds. The Morgan fingerprint density at radius 1 is 1.26 bits per heavy atom. The molecule has 0 aliphatic carbocycles. The number of carbonyl (C=O) groups is 1. The van der Waals surface area contributed by atoms with Crippen LogP contribution in [0, 0.1) is 0 Å². The average Bonchev–Trinajstić information content (AvgIpc) is 3.40. The fourth-order valence-corrected chi connectivity index (χ4v) is 5.11. The number of nitrogens with one attached hydrogen (secondary N) is 1. The summed E-state index contributed by atoms with van der Waals surface area (Å²) in [4.78, 5) is 13.1. The van der Waals surface area contributed by atoms with Gasteiger partial charge in [-0.05, 0) is 29.5 Å². The highest BCUT2D eigenvalue weighted by Gasteiger charge is 2.28. The summed E-state index contributed by atoms with van der Waals surface area (Å²) in [6, 6.07) is 12.8. The number of carbonyl (C=O) groups excluding carboxylic acids is 1. The van der Waals surface area contributed by atoms with Gasteiger partial charge in [-0.15, -0.1) is 11.3 Å². The van der Waals surface area contributed by atoms with Crippen molar-refractivity contribution < 1.29 is 17.7 Å². The molecule has 0 bridgehead atoms. The molecule has 0 saturated heterocycles. The molecule has 7 nitrogen and oxygen atoms in total. The highest BCUT2D eigenvalue weighted by Crippen LogP contribution is 2.30. The molecule has 0 radical (unpaired) electrons. The van der Waals surface area contributed by atoms with Crippen LogP contribution in [0.1, 0.15) is 16.1 Å². The molecule has 0 atom stereocenters. The Morgan fingerprint density at radius 3 is 2.93 bits per heavy atom. The molecule has 1 N–H and O–H groups in total. The first kappa shape index (κ1) is 17.7. The van der Waals surface area contributed by atoms with Crippen molar-refractivity contribution in [3.63, 3.8) is 0 Å². The van der Waals surface area contributed by atoms with Gasteiger partial charge in [-0.1, -0.05) is 29.4 Å². The summed E-state index contributed by atoms with van der Waals surface area (Å²) in [5, 5.41) is 8.25. The van der Waals surface area contributed by atoms with Crippen LogP contribution >= 0.6 is 11.3 Å². The van der Waals surface area contributed by atoms with Crippen molar-refractivity contribution in [1.82, 2.24) is 10.5 Å². The number of thiophene rings is 1. The summed E-state index contributed by atoms with van der Waals surface area (Å²) >= 11 is 1.48. The number of amides is 1. The lowest BCUT2D eigenvalue weighted by molar-refractivity contribution is 0.0947. The van der Waals surface area contributed by atoms with Gasteiger partial charge in [0.05, 0.1) is 16.3 Å². The Balaban J connectivity index is 1.36. The van der Waals surface area contributed by atoms with E-state index in [1.165, 1.54) is 15.6 Å². The molecule has 0 fully saturated rings. The minimum atomic E-state index is -3.51. The number of fused-ring (bicyclic) bond motifs is 1. The van der Waals surface area contributed by atoms with Gasteiger partial charge in [0.1, 0.15) is 0 Å². The lowest BCUT2D eigenvalue weighted by Crippen LogP contribution is -2.37. The van der Waals surface area contributed by atoms with Gasteiger partial charge in [0, 0.05) is 19.2 Å². The third kappa shape index (κ3) is 3.60. The van der Waals surface area contributed by atoms with Crippen molar-refractivity contribution in [2.45, 2.75) is 6.42 Å². The molecule has 3 aromatic rings. The van der Waals surface area contributed by atoms with Crippen LogP contribution in [0.4, 0.5) is 5.69 Å². The molecule has 1 aliphatic rings. The second-order valence-electron chi connectivity index (χ2n) is 6.08. The van der Waals surface area contributed by atoms with Crippen molar-refractivity contribution in [3.05, 3.63) is 59.1 Å². The van der Waals surface area contributed by atoms with Crippen LogP contribution in [0.25, 0.3) is 10.6 Å².